The molecule has 2 aromatic rings. The largest absolute Gasteiger partial charge is 0.376 e. The van der Waals surface area contributed by atoms with Gasteiger partial charge in [-0.15, -0.1) is 0 Å². The van der Waals surface area contributed by atoms with Crippen LogP contribution in [0, 0.1) is 0 Å². The van der Waals surface area contributed by atoms with E-state index in [4.69, 9.17) is 18.0 Å². The van der Waals surface area contributed by atoms with Crippen LogP contribution in [0.15, 0.2) is 23.1 Å². The smallest absolute Gasteiger partial charge is 0.266 e. The van der Waals surface area contributed by atoms with Crippen LogP contribution in [0.25, 0.3) is 11.0 Å². The van der Waals surface area contributed by atoms with E-state index in [-0.39, 0.29) is 10.7 Å². The van der Waals surface area contributed by atoms with Gasteiger partial charge in [-0.2, -0.15) is 0 Å². The van der Waals surface area contributed by atoms with Crippen LogP contribution in [0.1, 0.15) is 39.0 Å². The second kappa shape index (κ2) is 7.17. The predicted molar refractivity (Wildman–Crippen MR) is 103 cm³/mol. The zero-order valence-corrected chi connectivity index (χ0v) is 14.7. The number of nitrogens with two attached hydrogens (primary N) is 1. The number of aromatic nitrogens is 2. The highest BCUT2D eigenvalue weighted by Crippen LogP contribution is 2.34. The summed E-state index contributed by atoms with van der Waals surface area (Å²) in [7, 11) is 0. The van der Waals surface area contributed by atoms with Gasteiger partial charge in [-0.05, 0) is 44.1 Å². The van der Waals surface area contributed by atoms with Crippen molar-refractivity contribution in [1.82, 2.24) is 9.97 Å². The first kappa shape index (κ1) is 16.7. The molecule has 1 aliphatic rings. The number of benzene rings is 1. The van der Waals surface area contributed by atoms with E-state index in [0.717, 1.165) is 23.4 Å². The molecule has 0 aliphatic heterocycles. The number of fused-ring (bicyclic) bond motifs is 1. The highest BCUT2D eigenvalue weighted by Gasteiger charge is 2.23. The average Bonchev–Trinajstić information content (AvgIpc) is 2.56. The molecule has 0 bridgehead atoms. The Morgan fingerprint density at radius 2 is 2.17 bits per heavy atom. The van der Waals surface area contributed by atoms with E-state index in [0.29, 0.717) is 11.6 Å². The second-order valence-electron chi connectivity index (χ2n) is 6.20. The summed E-state index contributed by atoms with van der Waals surface area (Å²) >= 11 is 5.03. The fourth-order valence-electron chi connectivity index (χ4n) is 3.57. The first-order valence-electron chi connectivity index (χ1n) is 8.44. The highest BCUT2D eigenvalue weighted by molar-refractivity contribution is 7.80. The molecule has 0 radical (unpaired) electrons. The fourth-order valence-corrected chi connectivity index (χ4v) is 3.68. The SMILES string of the molecule is CCN(c1cc2ncc(=O)[nH]c2cc1NC(N)=S)C1CCCCC1. The Kier molecular flexibility index (Phi) is 4.99. The van der Waals surface area contributed by atoms with Gasteiger partial charge in [0, 0.05) is 12.6 Å². The third kappa shape index (κ3) is 3.51. The summed E-state index contributed by atoms with van der Waals surface area (Å²) in [5.74, 6) is 0. The molecule has 3 rings (SSSR count). The lowest BCUT2D eigenvalue weighted by atomic mass is 9.93. The molecule has 1 aromatic heterocycles. The summed E-state index contributed by atoms with van der Waals surface area (Å²) in [5, 5.41) is 3.27. The molecular formula is C17H23N5OS. The Morgan fingerprint density at radius 1 is 1.42 bits per heavy atom. The quantitative estimate of drug-likeness (QED) is 0.739. The normalized spacial score (nSPS) is 15.4. The minimum absolute atomic E-state index is 0.210. The Labute approximate surface area is 146 Å². The molecule has 0 amide bonds. The Hall–Kier alpha value is -2.15. The molecule has 4 N–H and O–H groups in total. The van der Waals surface area contributed by atoms with Gasteiger partial charge in [-0.1, -0.05) is 19.3 Å². The van der Waals surface area contributed by atoms with E-state index >= 15 is 0 Å². The van der Waals surface area contributed by atoms with Crippen LogP contribution < -0.4 is 21.5 Å². The van der Waals surface area contributed by atoms with Crippen LogP contribution >= 0.6 is 12.2 Å². The number of nitrogens with zero attached hydrogens (tertiary/aromatic N) is 2. The molecule has 0 spiro atoms. The molecular weight excluding hydrogens is 322 g/mol. The molecule has 128 valence electrons. The molecule has 1 aliphatic carbocycles. The van der Waals surface area contributed by atoms with Gasteiger partial charge in [0.15, 0.2) is 5.11 Å². The molecule has 0 unspecified atom stereocenters. The summed E-state index contributed by atoms with van der Waals surface area (Å²) < 4.78 is 0. The van der Waals surface area contributed by atoms with E-state index < -0.39 is 0 Å². The first-order chi connectivity index (χ1) is 11.6. The van der Waals surface area contributed by atoms with Gasteiger partial charge in [0.1, 0.15) is 0 Å². The lowest BCUT2D eigenvalue weighted by Gasteiger charge is -2.36. The third-order valence-corrected chi connectivity index (χ3v) is 4.72. The van der Waals surface area contributed by atoms with Crippen molar-refractivity contribution in [3.8, 4) is 0 Å². The van der Waals surface area contributed by atoms with Crippen LogP contribution in [-0.2, 0) is 0 Å². The van der Waals surface area contributed by atoms with Crippen molar-refractivity contribution in [1.29, 1.82) is 0 Å². The van der Waals surface area contributed by atoms with Crippen LogP contribution in [-0.4, -0.2) is 27.7 Å². The van der Waals surface area contributed by atoms with Crippen LogP contribution in [0.5, 0.6) is 0 Å². The third-order valence-electron chi connectivity index (χ3n) is 4.62. The van der Waals surface area contributed by atoms with Gasteiger partial charge in [-0.3, -0.25) is 4.79 Å². The number of rotatable bonds is 4. The van der Waals surface area contributed by atoms with Gasteiger partial charge in [0.25, 0.3) is 5.56 Å². The van der Waals surface area contributed by atoms with Gasteiger partial charge >= 0.3 is 0 Å². The maximum absolute atomic E-state index is 11.5. The number of hydrogen-bond donors (Lipinski definition) is 3. The minimum Gasteiger partial charge on any atom is -0.376 e. The number of H-pyrrole nitrogens is 1. The number of anilines is 2. The Bertz CT molecular complexity index is 797. The molecule has 0 saturated heterocycles. The lowest BCUT2D eigenvalue weighted by molar-refractivity contribution is 0.418. The molecule has 1 aromatic carbocycles. The van der Waals surface area contributed by atoms with Crippen molar-refractivity contribution in [2.45, 2.75) is 45.1 Å². The van der Waals surface area contributed by atoms with Gasteiger partial charge in [0.2, 0.25) is 0 Å². The number of thiocarbonyl (C=S) groups is 1. The topological polar surface area (TPSA) is 87.0 Å². The molecule has 7 heteroatoms. The predicted octanol–water partition coefficient (Wildman–Crippen LogP) is 2.74. The highest BCUT2D eigenvalue weighted by atomic mass is 32.1. The maximum Gasteiger partial charge on any atom is 0.266 e. The van der Waals surface area contributed by atoms with Crippen molar-refractivity contribution in [3.63, 3.8) is 0 Å². The van der Waals surface area contributed by atoms with Crippen molar-refractivity contribution in [2.24, 2.45) is 5.73 Å². The van der Waals surface area contributed by atoms with Crippen molar-refractivity contribution >= 4 is 39.7 Å². The van der Waals surface area contributed by atoms with Crippen LogP contribution in [0.4, 0.5) is 11.4 Å². The Morgan fingerprint density at radius 3 is 2.83 bits per heavy atom. The standard InChI is InChI=1S/C17H23N5OS/c1-2-22(11-6-4-3-5-7-11)15-9-12-13(20-16(23)10-19-12)8-14(15)21-17(18)24/h8-11H,2-7H2,1H3,(H,20,23)(H3,18,21,24). The average molecular weight is 345 g/mol. The summed E-state index contributed by atoms with van der Waals surface area (Å²) in [6.45, 7) is 3.05. The summed E-state index contributed by atoms with van der Waals surface area (Å²) in [6, 6.07) is 4.38. The summed E-state index contributed by atoms with van der Waals surface area (Å²) in [6.07, 6.45) is 7.53. The molecule has 0 atom stereocenters. The molecule has 1 fully saturated rings. The second-order valence-corrected chi connectivity index (χ2v) is 6.64. The van der Waals surface area contributed by atoms with E-state index in [2.05, 4.69) is 27.1 Å². The van der Waals surface area contributed by atoms with E-state index in [9.17, 15) is 4.79 Å². The van der Waals surface area contributed by atoms with Crippen LogP contribution in [0.3, 0.4) is 0 Å². The van der Waals surface area contributed by atoms with Gasteiger partial charge < -0.3 is 20.9 Å². The van der Waals surface area contributed by atoms with Gasteiger partial charge in [0.05, 0.1) is 28.6 Å². The van der Waals surface area contributed by atoms with E-state index in [1.54, 1.807) is 0 Å². The number of nitrogens with one attached hydrogen (secondary N) is 2. The van der Waals surface area contributed by atoms with Crippen molar-refractivity contribution < 1.29 is 0 Å². The maximum atomic E-state index is 11.5. The molecule has 1 saturated carbocycles. The lowest BCUT2D eigenvalue weighted by Crippen LogP contribution is -2.37. The van der Waals surface area contributed by atoms with E-state index in [1.807, 2.05) is 12.1 Å². The van der Waals surface area contributed by atoms with Gasteiger partial charge in [-0.25, -0.2) is 4.98 Å². The first-order valence-corrected chi connectivity index (χ1v) is 8.85. The minimum atomic E-state index is -0.226. The monoisotopic (exact) mass is 345 g/mol. The molecule has 1 heterocycles. The number of hydrogen-bond acceptors (Lipinski definition) is 4. The summed E-state index contributed by atoms with van der Waals surface area (Å²) in [4.78, 5) is 21.0. The van der Waals surface area contributed by atoms with Crippen molar-refractivity contribution in [3.05, 3.63) is 28.7 Å². The number of aromatic amines is 1. The zero-order valence-electron chi connectivity index (χ0n) is 13.8. The summed E-state index contributed by atoms with van der Waals surface area (Å²) in [5.41, 5.74) is 8.75. The molecule has 6 nitrogen and oxygen atoms in total. The van der Waals surface area contributed by atoms with Crippen LogP contribution in [0.2, 0.25) is 0 Å². The van der Waals surface area contributed by atoms with Crippen molar-refractivity contribution in [2.75, 3.05) is 16.8 Å². The van der Waals surface area contributed by atoms with E-state index in [1.165, 1.54) is 38.3 Å². The molecule has 24 heavy (non-hydrogen) atoms. The fraction of sp³-hybridized carbons (Fsp3) is 0.471. The zero-order chi connectivity index (χ0) is 17.1. The Balaban J connectivity index is 2.09.